The molecule has 0 amide bonds. The zero-order chi connectivity index (χ0) is 30.6. The molecular formula is C40H45N3S+2. The summed E-state index contributed by atoms with van der Waals surface area (Å²) >= 11 is 1.99. The minimum Gasteiger partial charge on any atom is -0.230 e. The molecule has 0 bridgehead atoms. The molecule has 4 heterocycles. The lowest BCUT2D eigenvalue weighted by Gasteiger charge is -2.38. The molecule has 3 nitrogen and oxygen atoms in total. The molecule has 44 heavy (non-hydrogen) atoms. The van der Waals surface area contributed by atoms with Crippen molar-refractivity contribution in [3.8, 4) is 22.6 Å². The van der Waals surface area contributed by atoms with Crippen molar-refractivity contribution in [3.63, 3.8) is 0 Å². The molecule has 0 aliphatic carbocycles. The third-order valence-electron chi connectivity index (χ3n) is 10.3. The molecule has 3 aromatic heterocycles. The van der Waals surface area contributed by atoms with Gasteiger partial charge in [-0.05, 0) is 68.5 Å². The van der Waals surface area contributed by atoms with E-state index in [0.717, 1.165) is 25.8 Å². The maximum Gasteiger partial charge on any atom is 0.289 e. The average Bonchev–Trinajstić information content (AvgIpc) is 3.62. The summed E-state index contributed by atoms with van der Waals surface area (Å²) in [5.74, 6) is 1.69. The Kier molecular flexibility index (Phi) is 7.45. The van der Waals surface area contributed by atoms with Crippen LogP contribution in [0.5, 0.6) is 0 Å². The van der Waals surface area contributed by atoms with E-state index in [2.05, 4.69) is 147 Å². The molecule has 4 heteroatoms. The van der Waals surface area contributed by atoms with Gasteiger partial charge in [-0.3, -0.25) is 0 Å². The molecule has 7 rings (SSSR count). The van der Waals surface area contributed by atoms with Crippen molar-refractivity contribution in [1.29, 1.82) is 0 Å². The largest absolute Gasteiger partial charge is 0.289 e. The minimum atomic E-state index is -0.0216. The first-order valence-corrected chi connectivity index (χ1v) is 17.3. The van der Waals surface area contributed by atoms with E-state index >= 15 is 0 Å². The summed E-state index contributed by atoms with van der Waals surface area (Å²) in [6.07, 6.45) is 11.4. The third kappa shape index (κ3) is 4.53. The highest BCUT2D eigenvalue weighted by molar-refractivity contribution is 7.26. The molecule has 3 aromatic carbocycles. The van der Waals surface area contributed by atoms with Crippen molar-refractivity contribution >= 4 is 31.5 Å². The lowest BCUT2D eigenvalue weighted by Crippen LogP contribution is -2.61. The minimum absolute atomic E-state index is 0.0216. The van der Waals surface area contributed by atoms with Gasteiger partial charge in [-0.25, -0.2) is 9.13 Å². The summed E-state index contributed by atoms with van der Waals surface area (Å²) in [5.41, 5.74) is 8.38. The van der Waals surface area contributed by atoms with Gasteiger partial charge in [0.05, 0.1) is 29.6 Å². The lowest BCUT2D eigenvalue weighted by molar-refractivity contribution is -0.760. The zero-order valence-corrected chi connectivity index (χ0v) is 27.9. The van der Waals surface area contributed by atoms with Crippen molar-refractivity contribution in [2.24, 2.45) is 0 Å². The van der Waals surface area contributed by atoms with Gasteiger partial charge in [0.15, 0.2) is 11.7 Å². The van der Waals surface area contributed by atoms with Crippen LogP contribution >= 0.6 is 11.3 Å². The van der Waals surface area contributed by atoms with Crippen molar-refractivity contribution in [1.82, 2.24) is 4.57 Å². The van der Waals surface area contributed by atoms with Gasteiger partial charge in [0.25, 0.3) is 5.82 Å². The Morgan fingerprint density at radius 1 is 0.932 bits per heavy atom. The van der Waals surface area contributed by atoms with Gasteiger partial charge >= 0.3 is 0 Å². The van der Waals surface area contributed by atoms with Crippen molar-refractivity contribution in [2.75, 3.05) is 0 Å². The monoisotopic (exact) mass is 599 g/mol. The first kappa shape index (κ1) is 29.0. The molecule has 1 aliphatic rings. The maximum absolute atomic E-state index is 2.61. The zero-order valence-electron chi connectivity index (χ0n) is 27.1. The van der Waals surface area contributed by atoms with Crippen LogP contribution in [-0.2, 0) is 18.5 Å². The van der Waals surface area contributed by atoms with Gasteiger partial charge in [-0.1, -0.05) is 62.7 Å². The Morgan fingerprint density at radius 3 is 2.50 bits per heavy atom. The van der Waals surface area contributed by atoms with Gasteiger partial charge in [-0.15, -0.1) is 11.3 Å². The number of hydrogen-bond acceptors (Lipinski definition) is 1. The molecule has 224 valence electrons. The van der Waals surface area contributed by atoms with Gasteiger partial charge in [-0.2, -0.15) is 4.57 Å². The van der Waals surface area contributed by atoms with Crippen LogP contribution in [0.25, 0.3) is 42.8 Å². The van der Waals surface area contributed by atoms with E-state index in [1.807, 2.05) is 11.3 Å². The first-order chi connectivity index (χ1) is 21.4. The third-order valence-corrected chi connectivity index (χ3v) is 11.5. The van der Waals surface area contributed by atoms with E-state index in [9.17, 15) is 0 Å². The summed E-state index contributed by atoms with van der Waals surface area (Å²) in [7, 11) is 0. The normalized spacial score (nSPS) is 17.8. The lowest BCUT2D eigenvalue weighted by atomic mass is 9.71. The smallest absolute Gasteiger partial charge is 0.230 e. The molecule has 0 saturated heterocycles. The van der Waals surface area contributed by atoms with Crippen LogP contribution in [0.3, 0.4) is 0 Å². The highest BCUT2D eigenvalue weighted by Crippen LogP contribution is 2.50. The number of aromatic nitrogens is 3. The van der Waals surface area contributed by atoms with E-state index in [0.29, 0.717) is 12.0 Å². The van der Waals surface area contributed by atoms with E-state index in [4.69, 9.17) is 0 Å². The Bertz CT molecular complexity index is 1990. The van der Waals surface area contributed by atoms with Crippen LogP contribution in [0.2, 0.25) is 0 Å². The molecule has 6 aromatic rings. The molecular weight excluding hydrogens is 555 g/mol. The van der Waals surface area contributed by atoms with Crippen LogP contribution in [-0.4, -0.2) is 4.57 Å². The van der Waals surface area contributed by atoms with E-state index in [-0.39, 0.29) is 5.54 Å². The Hall–Kier alpha value is -3.76. The number of aryl methyl sites for hydroxylation is 3. The van der Waals surface area contributed by atoms with E-state index in [1.54, 1.807) is 0 Å². The van der Waals surface area contributed by atoms with Crippen LogP contribution in [0.1, 0.15) is 82.5 Å². The fraction of sp³-hybridized carbons (Fsp3) is 0.350. The van der Waals surface area contributed by atoms with Crippen molar-refractivity contribution in [2.45, 2.75) is 91.3 Å². The number of benzene rings is 3. The Morgan fingerprint density at radius 2 is 1.73 bits per heavy atom. The number of imidazole rings is 1. The number of fused-ring (bicyclic) bond motifs is 7. The summed E-state index contributed by atoms with van der Waals surface area (Å²) in [6, 6.07) is 28.1. The molecule has 0 spiro atoms. The van der Waals surface area contributed by atoms with Crippen LogP contribution in [0.4, 0.5) is 0 Å². The predicted octanol–water partition coefficient (Wildman–Crippen LogP) is 9.92. The standard InChI is InChI=1S/C40H45N3S/c1-7-13-29-17-18-31-32-19-20-33-34(21-23-41-24-25-42(27(3)4)39(41)30-15-10-9-14-28(30)5)40(6,8-2)43-22-12-11-16-35(43)37(33)38(32)44-36(31)26-29/h9-12,14-20,22,24-27,34H,7-8,13,21,23H2,1-6H3/q+2. The number of hydrogen-bond donors (Lipinski definition) is 0. The molecule has 1 aliphatic heterocycles. The van der Waals surface area contributed by atoms with Gasteiger partial charge in [0, 0.05) is 45.6 Å². The first-order valence-electron chi connectivity index (χ1n) is 16.5. The highest BCUT2D eigenvalue weighted by Gasteiger charge is 2.49. The second-order valence-electron chi connectivity index (χ2n) is 13.2. The quantitative estimate of drug-likeness (QED) is 0.154. The van der Waals surface area contributed by atoms with E-state index in [1.165, 1.54) is 65.9 Å². The molecule has 0 N–H and O–H groups in total. The number of nitrogens with zero attached hydrogens (tertiary/aromatic N) is 3. The summed E-state index contributed by atoms with van der Waals surface area (Å²) in [4.78, 5) is 0. The Labute approximate surface area is 266 Å². The average molecular weight is 600 g/mol. The van der Waals surface area contributed by atoms with Crippen molar-refractivity contribution < 1.29 is 9.13 Å². The molecule has 0 saturated carbocycles. The van der Waals surface area contributed by atoms with Gasteiger partial charge in [0.1, 0.15) is 12.4 Å². The highest BCUT2D eigenvalue weighted by atomic mass is 32.1. The van der Waals surface area contributed by atoms with Crippen LogP contribution in [0.15, 0.2) is 91.4 Å². The van der Waals surface area contributed by atoms with Gasteiger partial charge < -0.3 is 0 Å². The van der Waals surface area contributed by atoms with Crippen molar-refractivity contribution in [3.05, 3.63) is 108 Å². The topological polar surface area (TPSA) is 12.7 Å². The SMILES string of the molecule is CCCc1ccc2c(c1)sc1c3c(ccc12)C(CC[n+]1ccn(C(C)C)c1-c1ccccc1C)C(C)(CC)[n+]1ccccc1-3. The summed E-state index contributed by atoms with van der Waals surface area (Å²) in [5, 5.41) is 2.79. The molecule has 0 radical (unpaired) electrons. The number of pyridine rings is 1. The van der Waals surface area contributed by atoms with Crippen LogP contribution < -0.4 is 9.13 Å². The summed E-state index contributed by atoms with van der Waals surface area (Å²) in [6.45, 7) is 14.9. The predicted molar refractivity (Wildman–Crippen MR) is 185 cm³/mol. The number of rotatable bonds is 8. The van der Waals surface area contributed by atoms with Crippen LogP contribution in [0, 0.1) is 6.92 Å². The number of thiophene rings is 1. The second kappa shape index (κ2) is 11.3. The fourth-order valence-corrected chi connectivity index (χ4v) is 9.13. The maximum atomic E-state index is 2.61. The van der Waals surface area contributed by atoms with Gasteiger partial charge in [0.2, 0.25) is 5.69 Å². The Balaban J connectivity index is 1.38. The van der Waals surface area contributed by atoms with E-state index < -0.39 is 0 Å². The molecule has 0 fully saturated rings. The molecule has 2 unspecified atom stereocenters. The molecule has 2 atom stereocenters. The fourth-order valence-electron chi connectivity index (χ4n) is 7.80. The summed E-state index contributed by atoms with van der Waals surface area (Å²) < 4.78 is 10.4. The second-order valence-corrected chi connectivity index (χ2v) is 14.3.